The summed E-state index contributed by atoms with van der Waals surface area (Å²) in [6, 6.07) is 20.1. The van der Waals surface area contributed by atoms with Crippen molar-refractivity contribution in [1.82, 2.24) is 25.2 Å². The second-order valence-electron chi connectivity index (χ2n) is 11.3. The molecule has 13 heteroatoms. The fourth-order valence-corrected chi connectivity index (χ4v) is 5.68. The van der Waals surface area contributed by atoms with Crippen LogP contribution in [0.4, 0.5) is 28.9 Å². The van der Waals surface area contributed by atoms with Gasteiger partial charge in [-0.25, -0.2) is 13.5 Å². The highest BCUT2D eigenvalue weighted by Gasteiger charge is 2.58. The summed E-state index contributed by atoms with van der Waals surface area (Å²) in [6.45, 7) is 4.10. The van der Waals surface area contributed by atoms with Gasteiger partial charge in [-0.15, -0.1) is 5.10 Å². The van der Waals surface area contributed by atoms with Crippen molar-refractivity contribution in [1.29, 1.82) is 0 Å². The fourth-order valence-electron chi connectivity index (χ4n) is 5.68. The number of piperazine rings is 1. The number of alkyl halides is 2. The molecule has 3 aromatic carbocycles. The van der Waals surface area contributed by atoms with E-state index < -0.39 is 47.1 Å². The molecule has 1 saturated heterocycles. The van der Waals surface area contributed by atoms with E-state index in [9.17, 15) is 19.0 Å². The Bertz CT molecular complexity index is 1760. The third-order valence-electron chi connectivity index (χ3n) is 8.35. The van der Waals surface area contributed by atoms with Crippen LogP contribution in [0, 0.1) is 11.6 Å². The predicted molar refractivity (Wildman–Crippen MR) is 163 cm³/mol. The fraction of sp³-hybridized carbons (Fsp3) is 0.273. The highest BCUT2D eigenvalue weighted by atomic mass is 19.3. The van der Waals surface area contributed by atoms with Crippen LogP contribution < -0.4 is 9.80 Å². The van der Waals surface area contributed by atoms with Gasteiger partial charge >= 0.3 is 5.92 Å². The zero-order valence-corrected chi connectivity index (χ0v) is 24.8. The Kier molecular flexibility index (Phi) is 8.45. The molecule has 5 aromatic rings. The number of hydrogen-bond donors (Lipinski definition) is 2. The molecule has 2 N–H and O–H groups in total. The summed E-state index contributed by atoms with van der Waals surface area (Å²) in [5.74, 6) is -6.47. The molecule has 0 saturated carbocycles. The van der Waals surface area contributed by atoms with Crippen LogP contribution in [0.2, 0.25) is 0 Å². The van der Waals surface area contributed by atoms with E-state index in [0.717, 1.165) is 77.9 Å². The van der Waals surface area contributed by atoms with Crippen molar-refractivity contribution in [2.45, 2.75) is 31.1 Å². The first-order valence-electron chi connectivity index (χ1n) is 14.7. The minimum atomic E-state index is -4.14. The maximum atomic E-state index is 16.1. The number of aliphatic hydroxyl groups excluding tert-OH is 1. The third-order valence-corrected chi connectivity index (χ3v) is 8.35. The van der Waals surface area contributed by atoms with Gasteiger partial charge in [0, 0.05) is 60.9 Å². The zero-order chi connectivity index (χ0) is 32.5. The first-order valence-corrected chi connectivity index (χ1v) is 14.7. The normalized spacial score (nSPS) is 15.9. The molecule has 0 spiro atoms. The van der Waals surface area contributed by atoms with Crippen LogP contribution in [0.25, 0.3) is 11.1 Å². The van der Waals surface area contributed by atoms with E-state index >= 15 is 8.78 Å². The molecule has 1 aliphatic rings. The Morgan fingerprint density at radius 2 is 1.43 bits per heavy atom. The number of nitrogens with zero attached hydrogens (tertiary/aromatic N) is 7. The van der Waals surface area contributed by atoms with Crippen LogP contribution in [0.3, 0.4) is 0 Å². The van der Waals surface area contributed by atoms with Crippen LogP contribution in [-0.4, -0.2) is 61.6 Å². The van der Waals surface area contributed by atoms with Gasteiger partial charge in [0.2, 0.25) is 0 Å². The minimum Gasteiger partial charge on any atom is -0.389 e. The lowest BCUT2D eigenvalue weighted by Crippen LogP contribution is -2.48. The van der Waals surface area contributed by atoms with Crippen LogP contribution in [-0.2, 0) is 18.1 Å². The predicted octanol–water partition coefficient (Wildman–Crippen LogP) is 5.07. The lowest BCUT2D eigenvalue weighted by Gasteiger charge is -2.37. The summed E-state index contributed by atoms with van der Waals surface area (Å²) < 4.78 is 61.4. The molecule has 2 atom stereocenters. The highest BCUT2D eigenvalue weighted by Crippen LogP contribution is 2.47. The first kappa shape index (κ1) is 31.1. The Hall–Kier alpha value is -4.88. The molecule has 1 aliphatic heterocycles. The molecule has 46 heavy (non-hydrogen) atoms. The second kappa shape index (κ2) is 12.5. The quantitative estimate of drug-likeness (QED) is 0.217. The molecule has 0 bridgehead atoms. The molecular formula is C33H31F4N7O2. The zero-order valence-electron chi connectivity index (χ0n) is 24.8. The summed E-state index contributed by atoms with van der Waals surface area (Å²) in [5.41, 5.74) is -0.525. The highest BCUT2D eigenvalue weighted by molar-refractivity contribution is 5.66. The molecule has 0 aliphatic carbocycles. The van der Waals surface area contributed by atoms with Gasteiger partial charge in [-0.2, -0.15) is 8.78 Å². The van der Waals surface area contributed by atoms with Crippen molar-refractivity contribution in [3.05, 3.63) is 120 Å². The van der Waals surface area contributed by atoms with Crippen molar-refractivity contribution in [3.63, 3.8) is 0 Å². The number of halogens is 4. The number of rotatable bonds is 9. The molecule has 1 fully saturated rings. The summed E-state index contributed by atoms with van der Waals surface area (Å²) in [4.78, 5) is 8.53. The van der Waals surface area contributed by atoms with Gasteiger partial charge in [0.25, 0.3) is 0 Å². The molecular weight excluding hydrogens is 602 g/mol. The largest absolute Gasteiger partial charge is 0.389 e. The maximum absolute atomic E-state index is 16.1. The minimum absolute atomic E-state index is 0.424. The summed E-state index contributed by atoms with van der Waals surface area (Å²) >= 11 is 0. The van der Waals surface area contributed by atoms with Gasteiger partial charge < -0.3 is 20.0 Å². The standard InChI is InChI=1S/C33H31F4N7O2/c1-22(45)23-2-8-27(9-3-23)42-14-16-43(17-15-42)28-10-4-24(5-11-28)25-6-13-31(38-19-25)33(36,37)32(46,20-44-21-39-40-41-44)29-12-7-26(34)18-30(29)35/h2-13,18-19,21-22,45-46H,14-17,20H2,1H3. The third kappa shape index (κ3) is 6.03. The van der Waals surface area contributed by atoms with Crippen molar-refractivity contribution in [2.75, 3.05) is 36.0 Å². The summed E-state index contributed by atoms with van der Waals surface area (Å²) in [5, 5.41) is 31.4. The number of aliphatic hydroxyl groups is 2. The number of aromatic nitrogens is 5. The lowest BCUT2D eigenvalue weighted by atomic mass is 9.84. The summed E-state index contributed by atoms with van der Waals surface area (Å²) in [6.07, 6.45) is 1.76. The molecule has 6 rings (SSSR count). The van der Waals surface area contributed by atoms with Crippen LogP contribution in [0.5, 0.6) is 0 Å². The molecule has 0 amide bonds. The number of benzene rings is 3. The van der Waals surface area contributed by atoms with Crippen molar-refractivity contribution < 1.29 is 27.8 Å². The number of tetrazole rings is 1. The van der Waals surface area contributed by atoms with Gasteiger partial charge in [0.15, 0.2) is 5.60 Å². The van der Waals surface area contributed by atoms with Crippen molar-refractivity contribution in [2.24, 2.45) is 0 Å². The molecule has 9 nitrogen and oxygen atoms in total. The van der Waals surface area contributed by atoms with E-state index in [4.69, 9.17) is 0 Å². The van der Waals surface area contributed by atoms with Gasteiger partial charge in [-0.05, 0) is 70.9 Å². The first-order chi connectivity index (χ1) is 22.0. The van der Waals surface area contributed by atoms with Gasteiger partial charge in [-0.3, -0.25) is 4.98 Å². The molecule has 238 valence electrons. The smallest absolute Gasteiger partial charge is 0.323 e. The number of anilines is 2. The SMILES string of the molecule is CC(O)c1ccc(N2CCN(c3ccc(-c4ccc(C(F)(F)C(O)(Cn5cnnn5)c5ccc(F)cc5F)nc4)cc3)CC2)cc1. The topological polar surface area (TPSA) is 103 Å². The van der Waals surface area contributed by atoms with E-state index in [-0.39, 0.29) is 0 Å². The Morgan fingerprint density at radius 1 is 0.826 bits per heavy atom. The molecule has 2 unspecified atom stereocenters. The van der Waals surface area contributed by atoms with Crippen LogP contribution >= 0.6 is 0 Å². The number of hydrogen-bond acceptors (Lipinski definition) is 8. The molecule has 2 aromatic heterocycles. The van der Waals surface area contributed by atoms with Gasteiger partial charge in [0.1, 0.15) is 23.7 Å². The average molecular weight is 634 g/mol. The summed E-state index contributed by atoms with van der Waals surface area (Å²) in [7, 11) is 0. The molecule has 0 radical (unpaired) electrons. The Labute approximate surface area is 262 Å². The van der Waals surface area contributed by atoms with Gasteiger partial charge in [-0.1, -0.05) is 30.3 Å². The van der Waals surface area contributed by atoms with Crippen molar-refractivity contribution >= 4 is 11.4 Å². The van der Waals surface area contributed by atoms with E-state index in [1.54, 1.807) is 6.92 Å². The van der Waals surface area contributed by atoms with Crippen molar-refractivity contribution in [3.8, 4) is 11.1 Å². The second-order valence-corrected chi connectivity index (χ2v) is 11.3. The number of pyridine rings is 1. The van der Waals surface area contributed by atoms with Crippen LogP contribution in [0.15, 0.2) is 91.4 Å². The van der Waals surface area contributed by atoms with E-state index in [1.165, 1.54) is 12.3 Å². The average Bonchev–Trinajstić information content (AvgIpc) is 3.58. The van der Waals surface area contributed by atoms with Gasteiger partial charge in [0.05, 0.1) is 12.6 Å². The lowest BCUT2D eigenvalue weighted by molar-refractivity contribution is -0.207. The Balaban J connectivity index is 1.17. The van der Waals surface area contributed by atoms with E-state index in [1.807, 2.05) is 48.5 Å². The van der Waals surface area contributed by atoms with Crippen LogP contribution in [0.1, 0.15) is 29.8 Å². The monoisotopic (exact) mass is 633 g/mol. The Morgan fingerprint density at radius 3 is 1.96 bits per heavy atom. The van der Waals surface area contributed by atoms with E-state index in [0.29, 0.717) is 11.6 Å². The maximum Gasteiger partial charge on any atom is 0.323 e. The molecule has 3 heterocycles. The van der Waals surface area contributed by atoms with E-state index in [2.05, 4.69) is 30.3 Å².